The van der Waals surface area contributed by atoms with Crippen LogP contribution in [-0.2, 0) is 4.79 Å². The summed E-state index contributed by atoms with van der Waals surface area (Å²) in [5, 5.41) is 2.98. The molecule has 5 heteroatoms. The fourth-order valence-electron chi connectivity index (χ4n) is 2.26. The first-order valence-corrected chi connectivity index (χ1v) is 6.37. The molecule has 0 unspecified atom stereocenters. The van der Waals surface area contributed by atoms with Crippen LogP contribution in [0.4, 0.5) is 10.1 Å². The van der Waals surface area contributed by atoms with Gasteiger partial charge in [0.2, 0.25) is 5.91 Å². The summed E-state index contributed by atoms with van der Waals surface area (Å²) < 4.78 is 13.0. The zero-order chi connectivity index (χ0) is 13.2. The van der Waals surface area contributed by atoms with E-state index >= 15 is 0 Å². The van der Waals surface area contributed by atoms with Crippen molar-refractivity contribution in [2.45, 2.75) is 25.7 Å². The molecule has 0 heterocycles. The molecule has 0 bridgehead atoms. The molecule has 0 radical (unpaired) electrons. The van der Waals surface area contributed by atoms with E-state index in [1.165, 1.54) is 18.2 Å². The molecule has 18 heavy (non-hydrogen) atoms. The van der Waals surface area contributed by atoms with Crippen molar-refractivity contribution in [3.8, 4) is 0 Å². The van der Waals surface area contributed by atoms with Gasteiger partial charge in [-0.1, -0.05) is 18.0 Å². The van der Waals surface area contributed by atoms with E-state index in [0.717, 1.165) is 19.3 Å². The molecule has 0 atom stereocenters. The number of hydrogen-bond acceptors (Lipinski definition) is 2. The topological polar surface area (TPSA) is 55.1 Å². The van der Waals surface area contributed by atoms with Crippen LogP contribution in [0.3, 0.4) is 0 Å². The lowest BCUT2D eigenvalue weighted by molar-refractivity contribution is -0.119. The molecule has 1 aromatic carbocycles. The van der Waals surface area contributed by atoms with Crippen LogP contribution in [0.25, 0.3) is 0 Å². The number of carbonyl (C=O) groups excluding carboxylic acids is 1. The van der Waals surface area contributed by atoms with Gasteiger partial charge in [-0.2, -0.15) is 0 Å². The van der Waals surface area contributed by atoms with Gasteiger partial charge < -0.3 is 11.1 Å². The van der Waals surface area contributed by atoms with Crippen molar-refractivity contribution in [3.05, 3.63) is 29.0 Å². The van der Waals surface area contributed by atoms with Gasteiger partial charge in [-0.05, 0) is 43.0 Å². The lowest BCUT2D eigenvalue weighted by Crippen LogP contribution is -2.40. The number of halogens is 2. The first-order valence-electron chi connectivity index (χ1n) is 6.00. The first kappa shape index (κ1) is 13.3. The van der Waals surface area contributed by atoms with E-state index in [9.17, 15) is 9.18 Å². The van der Waals surface area contributed by atoms with Crippen molar-refractivity contribution in [3.63, 3.8) is 0 Å². The van der Waals surface area contributed by atoms with Crippen LogP contribution in [0.5, 0.6) is 0 Å². The van der Waals surface area contributed by atoms with Gasteiger partial charge in [0, 0.05) is 6.42 Å². The third-order valence-electron chi connectivity index (χ3n) is 3.59. The SMILES string of the molecule is NCC1(CC(=O)Nc2cc(F)ccc2Cl)CCC1. The fraction of sp³-hybridized carbons (Fsp3) is 0.462. The van der Waals surface area contributed by atoms with E-state index in [1.807, 2.05) is 0 Å². The maximum atomic E-state index is 13.0. The van der Waals surface area contributed by atoms with Crippen molar-refractivity contribution in [2.24, 2.45) is 11.1 Å². The van der Waals surface area contributed by atoms with E-state index in [-0.39, 0.29) is 11.3 Å². The number of hydrogen-bond donors (Lipinski definition) is 2. The fourth-order valence-corrected chi connectivity index (χ4v) is 2.42. The van der Waals surface area contributed by atoms with Crippen molar-refractivity contribution in [2.75, 3.05) is 11.9 Å². The van der Waals surface area contributed by atoms with Crippen LogP contribution in [0.2, 0.25) is 5.02 Å². The van der Waals surface area contributed by atoms with Gasteiger partial charge in [-0.15, -0.1) is 0 Å². The second-order valence-electron chi connectivity index (χ2n) is 4.91. The minimum absolute atomic E-state index is 0.0656. The van der Waals surface area contributed by atoms with E-state index in [2.05, 4.69) is 5.32 Å². The number of anilines is 1. The summed E-state index contributed by atoms with van der Waals surface area (Å²) in [7, 11) is 0. The highest BCUT2D eigenvalue weighted by molar-refractivity contribution is 6.33. The van der Waals surface area contributed by atoms with Crippen LogP contribution in [0.15, 0.2) is 18.2 Å². The summed E-state index contributed by atoms with van der Waals surface area (Å²) in [6, 6.07) is 3.90. The van der Waals surface area contributed by atoms with Crippen molar-refractivity contribution >= 4 is 23.2 Å². The van der Waals surface area contributed by atoms with E-state index in [0.29, 0.717) is 23.7 Å². The Morgan fingerprint density at radius 1 is 1.50 bits per heavy atom. The number of carbonyl (C=O) groups is 1. The number of nitrogens with two attached hydrogens (primary N) is 1. The quantitative estimate of drug-likeness (QED) is 0.884. The molecule has 1 aromatic rings. The van der Waals surface area contributed by atoms with E-state index in [4.69, 9.17) is 17.3 Å². The largest absolute Gasteiger partial charge is 0.330 e. The summed E-state index contributed by atoms with van der Waals surface area (Å²) in [5.74, 6) is -0.584. The van der Waals surface area contributed by atoms with Crippen molar-refractivity contribution < 1.29 is 9.18 Å². The highest BCUT2D eigenvalue weighted by Crippen LogP contribution is 2.43. The monoisotopic (exact) mass is 270 g/mol. The number of rotatable bonds is 4. The molecule has 3 N–H and O–H groups in total. The molecular formula is C13H16ClFN2O. The molecular weight excluding hydrogens is 255 g/mol. The predicted octanol–water partition coefficient (Wildman–Crippen LogP) is 2.94. The lowest BCUT2D eigenvalue weighted by Gasteiger charge is -2.40. The normalized spacial score (nSPS) is 17.1. The van der Waals surface area contributed by atoms with Gasteiger partial charge in [0.15, 0.2) is 0 Å². The predicted molar refractivity (Wildman–Crippen MR) is 70.0 cm³/mol. The average molecular weight is 271 g/mol. The van der Waals surface area contributed by atoms with Gasteiger partial charge in [-0.25, -0.2) is 4.39 Å². The Morgan fingerprint density at radius 3 is 2.78 bits per heavy atom. The van der Waals surface area contributed by atoms with Crippen LogP contribution in [0, 0.1) is 11.2 Å². The molecule has 2 rings (SSSR count). The Hall–Kier alpha value is -1.13. The zero-order valence-electron chi connectivity index (χ0n) is 10.0. The van der Waals surface area contributed by atoms with E-state index in [1.54, 1.807) is 0 Å². The Bertz CT molecular complexity index is 455. The Kier molecular flexibility index (Phi) is 3.88. The molecule has 0 aliphatic heterocycles. The molecule has 1 aliphatic carbocycles. The minimum Gasteiger partial charge on any atom is -0.330 e. The Labute approximate surface area is 111 Å². The molecule has 0 aromatic heterocycles. The van der Waals surface area contributed by atoms with Gasteiger partial charge in [0.1, 0.15) is 5.82 Å². The van der Waals surface area contributed by atoms with Crippen LogP contribution in [-0.4, -0.2) is 12.5 Å². The summed E-state index contributed by atoms with van der Waals surface area (Å²) >= 11 is 5.89. The molecule has 0 spiro atoms. The van der Waals surface area contributed by atoms with Crippen molar-refractivity contribution in [1.82, 2.24) is 0 Å². The second-order valence-corrected chi connectivity index (χ2v) is 5.31. The third-order valence-corrected chi connectivity index (χ3v) is 3.91. The summed E-state index contributed by atoms with van der Waals surface area (Å²) in [6.45, 7) is 0.511. The molecule has 1 saturated carbocycles. The maximum absolute atomic E-state index is 13.0. The summed E-state index contributed by atoms with van der Waals surface area (Å²) in [5.41, 5.74) is 5.95. The maximum Gasteiger partial charge on any atom is 0.225 e. The van der Waals surface area contributed by atoms with Crippen molar-refractivity contribution in [1.29, 1.82) is 0 Å². The van der Waals surface area contributed by atoms with Gasteiger partial charge >= 0.3 is 0 Å². The Balaban J connectivity index is 2.00. The third kappa shape index (κ3) is 2.82. The molecule has 3 nitrogen and oxygen atoms in total. The summed E-state index contributed by atoms with van der Waals surface area (Å²) in [6.07, 6.45) is 3.45. The molecule has 98 valence electrons. The minimum atomic E-state index is -0.424. The van der Waals surface area contributed by atoms with Gasteiger partial charge in [-0.3, -0.25) is 4.79 Å². The molecule has 1 amide bonds. The van der Waals surface area contributed by atoms with Gasteiger partial charge in [0.25, 0.3) is 0 Å². The number of benzene rings is 1. The average Bonchev–Trinajstić information content (AvgIpc) is 2.28. The molecule has 1 aliphatic rings. The highest BCUT2D eigenvalue weighted by Gasteiger charge is 2.37. The highest BCUT2D eigenvalue weighted by atomic mass is 35.5. The zero-order valence-corrected chi connectivity index (χ0v) is 10.8. The molecule has 1 fully saturated rings. The lowest BCUT2D eigenvalue weighted by atomic mass is 9.66. The summed E-state index contributed by atoms with van der Waals surface area (Å²) in [4.78, 5) is 11.9. The van der Waals surface area contributed by atoms with Gasteiger partial charge in [0.05, 0.1) is 10.7 Å². The second kappa shape index (κ2) is 5.24. The van der Waals surface area contributed by atoms with Crippen LogP contribution < -0.4 is 11.1 Å². The smallest absolute Gasteiger partial charge is 0.225 e. The van der Waals surface area contributed by atoms with Crippen LogP contribution >= 0.6 is 11.6 Å². The van der Waals surface area contributed by atoms with E-state index < -0.39 is 5.82 Å². The number of nitrogens with one attached hydrogen (secondary N) is 1. The first-order chi connectivity index (χ1) is 8.54. The Morgan fingerprint density at radius 2 is 2.22 bits per heavy atom. The van der Waals surface area contributed by atoms with Crippen LogP contribution in [0.1, 0.15) is 25.7 Å². The number of amides is 1. The molecule has 0 saturated heterocycles. The standard InChI is InChI=1S/C13H16ClFN2O/c14-10-3-2-9(15)6-11(10)17-12(18)7-13(8-16)4-1-5-13/h2-3,6H,1,4-5,7-8,16H2,(H,17,18).